The number of benzene rings is 1. The molecule has 3 aromatic heterocycles. The quantitative estimate of drug-likeness (QED) is 0.613. The molecule has 0 atom stereocenters. The van der Waals surface area contributed by atoms with Crippen LogP contribution in [0.5, 0.6) is 0 Å². The maximum Gasteiger partial charge on any atom is 0.279 e. The van der Waals surface area contributed by atoms with Crippen LogP contribution in [0.4, 0.5) is 5.13 Å². The highest BCUT2D eigenvalue weighted by Crippen LogP contribution is 2.23. The Kier molecular flexibility index (Phi) is 4.01. The maximum absolute atomic E-state index is 12.3. The monoisotopic (exact) mass is 348 g/mol. The summed E-state index contributed by atoms with van der Waals surface area (Å²) in [6, 6.07) is 15.0. The molecule has 1 aromatic carbocycles. The molecule has 8 heteroatoms. The molecular weight excluding hydrogens is 336 g/mol. The summed E-state index contributed by atoms with van der Waals surface area (Å²) in [5.41, 5.74) is 2.48. The Morgan fingerprint density at radius 1 is 1.04 bits per heavy atom. The van der Waals surface area contributed by atoms with E-state index >= 15 is 0 Å². The molecule has 0 fully saturated rings. The van der Waals surface area contributed by atoms with E-state index in [0.29, 0.717) is 10.8 Å². The minimum Gasteiger partial charge on any atom is -0.296 e. The molecule has 0 radical (unpaired) electrons. The normalized spacial score (nSPS) is 10.6. The van der Waals surface area contributed by atoms with Crippen molar-refractivity contribution in [1.29, 1.82) is 0 Å². The van der Waals surface area contributed by atoms with Crippen LogP contribution in [0, 0.1) is 0 Å². The number of nitrogens with zero attached hydrogens (tertiary/aromatic N) is 5. The number of hydrogen-bond donors (Lipinski definition) is 1. The SMILES string of the molecule is O=C(Nc1nc(-c2ccccn2)cs1)c1cnn(-c2ccccc2)n1. The molecule has 0 saturated carbocycles. The lowest BCUT2D eigenvalue weighted by Gasteiger charge is -1.99. The van der Waals surface area contributed by atoms with E-state index in [1.807, 2.05) is 53.9 Å². The molecule has 0 unspecified atom stereocenters. The second kappa shape index (κ2) is 6.62. The Bertz CT molecular complexity index is 996. The molecule has 4 aromatic rings. The third-order valence-electron chi connectivity index (χ3n) is 3.36. The minimum absolute atomic E-state index is 0.221. The van der Waals surface area contributed by atoms with Gasteiger partial charge in [0.25, 0.3) is 5.91 Å². The largest absolute Gasteiger partial charge is 0.296 e. The van der Waals surface area contributed by atoms with Gasteiger partial charge in [-0.05, 0) is 24.3 Å². The molecule has 0 aliphatic heterocycles. The van der Waals surface area contributed by atoms with Crippen molar-refractivity contribution in [3.63, 3.8) is 0 Å². The number of amides is 1. The van der Waals surface area contributed by atoms with Gasteiger partial charge in [-0.2, -0.15) is 9.90 Å². The Morgan fingerprint density at radius 2 is 1.88 bits per heavy atom. The van der Waals surface area contributed by atoms with Crippen molar-refractivity contribution in [3.05, 3.63) is 72.0 Å². The van der Waals surface area contributed by atoms with Crippen LogP contribution >= 0.6 is 11.3 Å². The van der Waals surface area contributed by atoms with E-state index in [-0.39, 0.29) is 11.6 Å². The van der Waals surface area contributed by atoms with Crippen LogP contribution in [0.15, 0.2) is 66.3 Å². The van der Waals surface area contributed by atoms with Gasteiger partial charge in [-0.15, -0.1) is 16.4 Å². The number of para-hydroxylation sites is 1. The smallest absolute Gasteiger partial charge is 0.279 e. The van der Waals surface area contributed by atoms with Crippen LogP contribution in [0.25, 0.3) is 17.1 Å². The van der Waals surface area contributed by atoms with Gasteiger partial charge in [0.15, 0.2) is 10.8 Å². The van der Waals surface area contributed by atoms with Crippen LogP contribution in [0.1, 0.15) is 10.5 Å². The average Bonchev–Trinajstić information content (AvgIpc) is 3.33. The lowest BCUT2D eigenvalue weighted by atomic mass is 10.3. The van der Waals surface area contributed by atoms with E-state index in [4.69, 9.17) is 0 Å². The zero-order chi connectivity index (χ0) is 17.1. The van der Waals surface area contributed by atoms with Gasteiger partial charge in [-0.25, -0.2) is 4.98 Å². The third-order valence-corrected chi connectivity index (χ3v) is 4.12. The second-order valence-corrected chi connectivity index (χ2v) is 5.92. The summed E-state index contributed by atoms with van der Waals surface area (Å²) in [6.45, 7) is 0. The van der Waals surface area contributed by atoms with E-state index in [1.165, 1.54) is 22.3 Å². The first-order chi connectivity index (χ1) is 12.3. The van der Waals surface area contributed by atoms with Crippen molar-refractivity contribution >= 4 is 22.4 Å². The van der Waals surface area contributed by atoms with Crippen molar-refractivity contribution in [1.82, 2.24) is 25.0 Å². The van der Waals surface area contributed by atoms with Gasteiger partial charge in [-0.3, -0.25) is 15.1 Å². The topological polar surface area (TPSA) is 85.6 Å². The Morgan fingerprint density at radius 3 is 2.68 bits per heavy atom. The summed E-state index contributed by atoms with van der Waals surface area (Å²) in [5.74, 6) is -0.357. The van der Waals surface area contributed by atoms with Crippen LogP contribution < -0.4 is 5.32 Å². The van der Waals surface area contributed by atoms with Crippen LogP contribution in [0.3, 0.4) is 0 Å². The van der Waals surface area contributed by atoms with E-state index in [9.17, 15) is 4.79 Å². The van der Waals surface area contributed by atoms with Crippen molar-refractivity contribution < 1.29 is 4.79 Å². The molecule has 3 heterocycles. The van der Waals surface area contributed by atoms with Gasteiger partial charge >= 0.3 is 0 Å². The molecule has 0 bridgehead atoms. The molecule has 0 saturated heterocycles. The number of hydrogen-bond acceptors (Lipinski definition) is 6. The molecule has 0 aliphatic carbocycles. The van der Waals surface area contributed by atoms with Gasteiger partial charge in [0.2, 0.25) is 0 Å². The number of rotatable bonds is 4. The highest BCUT2D eigenvalue weighted by molar-refractivity contribution is 7.14. The Balaban J connectivity index is 1.50. The number of carbonyl (C=O) groups excluding carboxylic acids is 1. The predicted octanol–water partition coefficient (Wildman–Crippen LogP) is 3.04. The first-order valence-electron chi connectivity index (χ1n) is 7.46. The minimum atomic E-state index is -0.357. The number of thiazole rings is 1. The fourth-order valence-corrected chi connectivity index (χ4v) is 2.88. The fraction of sp³-hybridized carbons (Fsp3) is 0. The molecule has 7 nitrogen and oxygen atoms in total. The first kappa shape index (κ1) is 15.2. The van der Waals surface area contributed by atoms with Crippen LogP contribution in [0.2, 0.25) is 0 Å². The predicted molar refractivity (Wildman–Crippen MR) is 94.7 cm³/mol. The van der Waals surface area contributed by atoms with Crippen molar-refractivity contribution in [3.8, 4) is 17.1 Å². The van der Waals surface area contributed by atoms with Crippen molar-refractivity contribution in [2.24, 2.45) is 0 Å². The molecule has 25 heavy (non-hydrogen) atoms. The number of carbonyl (C=O) groups is 1. The standard InChI is InChI=1S/C17H12N6OS/c24-16(14-10-19-23(22-14)12-6-2-1-3-7-12)21-17-20-15(11-25-17)13-8-4-5-9-18-13/h1-11H,(H,20,21,24). The van der Waals surface area contributed by atoms with Crippen LogP contribution in [-0.4, -0.2) is 30.9 Å². The summed E-state index contributed by atoms with van der Waals surface area (Å²) in [6.07, 6.45) is 3.13. The Hall–Kier alpha value is -3.39. The number of nitrogens with one attached hydrogen (secondary N) is 1. The lowest BCUT2D eigenvalue weighted by Crippen LogP contribution is -2.13. The molecule has 4 rings (SSSR count). The summed E-state index contributed by atoms with van der Waals surface area (Å²) in [4.78, 5) is 22.4. The highest BCUT2D eigenvalue weighted by atomic mass is 32.1. The summed E-state index contributed by atoms with van der Waals surface area (Å²) >= 11 is 1.33. The Labute approximate surface area is 147 Å². The van der Waals surface area contributed by atoms with Gasteiger partial charge in [0.05, 0.1) is 17.6 Å². The van der Waals surface area contributed by atoms with Crippen molar-refractivity contribution in [2.45, 2.75) is 0 Å². The maximum atomic E-state index is 12.3. The van der Waals surface area contributed by atoms with Crippen LogP contribution in [-0.2, 0) is 0 Å². The number of aromatic nitrogens is 5. The van der Waals surface area contributed by atoms with E-state index in [0.717, 1.165) is 11.4 Å². The number of pyridine rings is 1. The number of anilines is 1. The molecule has 1 amide bonds. The van der Waals surface area contributed by atoms with Gasteiger partial charge in [0.1, 0.15) is 5.69 Å². The van der Waals surface area contributed by atoms with E-state index in [1.54, 1.807) is 6.20 Å². The van der Waals surface area contributed by atoms with E-state index < -0.39 is 0 Å². The van der Waals surface area contributed by atoms with Gasteiger partial charge < -0.3 is 0 Å². The molecule has 0 aliphatic rings. The molecule has 0 spiro atoms. The average molecular weight is 348 g/mol. The van der Waals surface area contributed by atoms with Crippen molar-refractivity contribution in [2.75, 3.05) is 5.32 Å². The summed E-state index contributed by atoms with van der Waals surface area (Å²) < 4.78 is 0. The lowest BCUT2D eigenvalue weighted by molar-refractivity contribution is 0.102. The van der Waals surface area contributed by atoms with Gasteiger partial charge in [0, 0.05) is 11.6 Å². The van der Waals surface area contributed by atoms with E-state index in [2.05, 4.69) is 25.5 Å². The zero-order valence-corrected chi connectivity index (χ0v) is 13.7. The summed E-state index contributed by atoms with van der Waals surface area (Å²) in [7, 11) is 0. The second-order valence-electron chi connectivity index (χ2n) is 5.06. The molecule has 122 valence electrons. The third kappa shape index (κ3) is 3.29. The zero-order valence-electron chi connectivity index (χ0n) is 12.9. The van der Waals surface area contributed by atoms with Gasteiger partial charge in [-0.1, -0.05) is 24.3 Å². The fourth-order valence-electron chi connectivity index (χ4n) is 2.18. The summed E-state index contributed by atoms with van der Waals surface area (Å²) in [5, 5.41) is 13.4. The first-order valence-corrected chi connectivity index (χ1v) is 8.33. The highest BCUT2D eigenvalue weighted by Gasteiger charge is 2.14. The molecule has 1 N–H and O–H groups in total. The molecular formula is C17H12N6OS.